The molecule has 1 amide bonds. The van der Waals surface area contributed by atoms with Gasteiger partial charge in [-0.2, -0.15) is 5.26 Å². The molecule has 1 atom stereocenters. The summed E-state index contributed by atoms with van der Waals surface area (Å²) in [6.07, 6.45) is 2.30. The number of anilines is 1. The van der Waals surface area contributed by atoms with Gasteiger partial charge in [0.1, 0.15) is 6.61 Å². The molecule has 1 aliphatic rings. The highest BCUT2D eigenvalue weighted by Crippen LogP contribution is 2.19. The van der Waals surface area contributed by atoms with Crippen LogP contribution in [0, 0.1) is 17.2 Å². The summed E-state index contributed by atoms with van der Waals surface area (Å²) in [7, 11) is 0. The van der Waals surface area contributed by atoms with Crippen molar-refractivity contribution >= 4 is 17.6 Å². The third-order valence-corrected chi connectivity index (χ3v) is 5.34. The average Bonchev–Trinajstić information content (AvgIpc) is 2.76. The van der Waals surface area contributed by atoms with Gasteiger partial charge in [-0.05, 0) is 56.7 Å². The second-order valence-corrected chi connectivity index (χ2v) is 7.28. The number of piperidine rings is 1. The van der Waals surface area contributed by atoms with E-state index in [-0.39, 0.29) is 17.8 Å². The van der Waals surface area contributed by atoms with Crippen LogP contribution in [-0.2, 0) is 9.53 Å². The molecule has 1 N–H and O–H groups in total. The van der Waals surface area contributed by atoms with Crippen molar-refractivity contribution in [3.63, 3.8) is 0 Å². The molecule has 0 aliphatic carbocycles. The van der Waals surface area contributed by atoms with Crippen molar-refractivity contribution in [1.29, 1.82) is 5.26 Å². The highest BCUT2D eigenvalue weighted by atomic mass is 16.5. The molecule has 158 valence electrons. The number of esters is 1. The average molecular weight is 401 g/mol. The van der Waals surface area contributed by atoms with E-state index in [2.05, 4.69) is 35.0 Å². The number of nitriles is 1. The fraction of sp³-hybridized carbons (Fsp3) is 0.591. The lowest BCUT2D eigenvalue weighted by molar-refractivity contribution is -0.121. The molecule has 0 spiro atoms. The Labute approximate surface area is 173 Å². The van der Waals surface area contributed by atoms with Crippen LogP contribution in [-0.4, -0.2) is 67.6 Å². The number of carbonyl (C=O) groups excluding carboxylic acids is 2. The van der Waals surface area contributed by atoms with E-state index in [9.17, 15) is 9.59 Å². The minimum atomic E-state index is -0.351. The summed E-state index contributed by atoms with van der Waals surface area (Å²) < 4.78 is 5.33. The molecule has 1 aromatic rings. The van der Waals surface area contributed by atoms with Gasteiger partial charge in [0.15, 0.2) is 0 Å². The van der Waals surface area contributed by atoms with Crippen molar-refractivity contribution in [2.24, 2.45) is 5.92 Å². The van der Waals surface area contributed by atoms with Gasteiger partial charge in [0.05, 0.1) is 17.6 Å². The minimum Gasteiger partial charge on any atom is -0.461 e. The summed E-state index contributed by atoms with van der Waals surface area (Å²) in [5.74, 6) is -0.441. The number of carbonyl (C=O) groups is 2. The Balaban J connectivity index is 1.81. The number of rotatable bonds is 10. The number of hydrogen-bond donors (Lipinski definition) is 1. The summed E-state index contributed by atoms with van der Waals surface area (Å²) in [5, 5.41) is 11.7. The number of ether oxygens (including phenoxy) is 1. The van der Waals surface area contributed by atoms with Crippen LogP contribution in [0.4, 0.5) is 5.69 Å². The van der Waals surface area contributed by atoms with Crippen molar-refractivity contribution in [2.45, 2.75) is 33.1 Å². The molecular formula is C22H32N4O3. The Hall–Kier alpha value is -2.43. The smallest absolute Gasteiger partial charge is 0.338 e. The van der Waals surface area contributed by atoms with Gasteiger partial charge in [-0.1, -0.05) is 13.8 Å². The van der Waals surface area contributed by atoms with Gasteiger partial charge in [0.2, 0.25) is 5.91 Å². The highest BCUT2D eigenvalue weighted by molar-refractivity contribution is 5.94. The molecule has 0 saturated carbocycles. The summed E-state index contributed by atoms with van der Waals surface area (Å²) in [4.78, 5) is 29.1. The van der Waals surface area contributed by atoms with Crippen molar-refractivity contribution in [3.8, 4) is 6.07 Å². The van der Waals surface area contributed by atoms with E-state index in [1.807, 2.05) is 0 Å². The highest BCUT2D eigenvalue weighted by Gasteiger charge is 2.25. The summed E-state index contributed by atoms with van der Waals surface area (Å²) in [6.45, 7) is 9.44. The molecule has 7 nitrogen and oxygen atoms in total. The van der Waals surface area contributed by atoms with Gasteiger partial charge in [-0.25, -0.2) is 4.79 Å². The van der Waals surface area contributed by atoms with Crippen LogP contribution in [0.2, 0.25) is 0 Å². The Morgan fingerprint density at radius 1 is 1.28 bits per heavy atom. The van der Waals surface area contributed by atoms with Gasteiger partial charge in [0.25, 0.3) is 0 Å². The molecule has 29 heavy (non-hydrogen) atoms. The zero-order valence-corrected chi connectivity index (χ0v) is 17.5. The van der Waals surface area contributed by atoms with Crippen molar-refractivity contribution < 1.29 is 14.3 Å². The van der Waals surface area contributed by atoms with Crippen molar-refractivity contribution in [3.05, 3.63) is 29.8 Å². The zero-order valence-electron chi connectivity index (χ0n) is 17.5. The molecule has 0 aromatic heterocycles. The topological polar surface area (TPSA) is 85.7 Å². The van der Waals surface area contributed by atoms with Gasteiger partial charge in [0, 0.05) is 31.7 Å². The first kappa shape index (κ1) is 22.9. The fourth-order valence-electron chi connectivity index (χ4n) is 3.51. The Morgan fingerprint density at radius 2 is 2.00 bits per heavy atom. The SMILES string of the molecule is CCN(CC)CCOC(=O)c1ccc(NC(=O)C2CCCN(CCC#N)C2)cc1. The number of nitrogens with one attached hydrogen (secondary N) is 1. The third-order valence-electron chi connectivity index (χ3n) is 5.34. The monoisotopic (exact) mass is 400 g/mol. The maximum atomic E-state index is 12.6. The molecule has 0 bridgehead atoms. The van der Waals surface area contributed by atoms with Crippen molar-refractivity contribution in [1.82, 2.24) is 9.80 Å². The molecular weight excluding hydrogens is 368 g/mol. The Kier molecular flexibility index (Phi) is 9.62. The van der Waals surface area contributed by atoms with E-state index in [1.54, 1.807) is 24.3 Å². The van der Waals surface area contributed by atoms with Crippen LogP contribution in [0.25, 0.3) is 0 Å². The van der Waals surface area contributed by atoms with Crippen LogP contribution in [0.3, 0.4) is 0 Å². The summed E-state index contributed by atoms with van der Waals surface area (Å²) >= 11 is 0. The number of benzene rings is 1. The maximum Gasteiger partial charge on any atom is 0.338 e. The molecule has 1 aromatic carbocycles. The predicted molar refractivity (Wildman–Crippen MR) is 113 cm³/mol. The standard InChI is InChI=1S/C22H32N4O3/c1-3-25(4-2)15-16-29-22(28)18-8-10-20(11-9-18)24-21(27)19-7-5-13-26(17-19)14-6-12-23/h8-11,19H,3-7,13-17H2,1-2H3,(H,24,27). The zero-order chi connectivity index (χ0) is 21.1. The lowest BCUT2D eigenvalue weighted by Crippen LogP contribution is -2.41. The van der Waals surface area contributed by atoms with Gasteiger partial charge < -0.3 is 19.9 Å². The summed E-state index contributed by atoms with van der Waals surface area (Å²) in [6, 6.07) is 8.97. The van der Waals surface area contributed by atoms with E-state index < -0.39 is 0 Å². The van der Waals surface area contributed by atoms with Gasteiger partial charge in [-0.15, -0.1) is 0 Å². The molecule has 1 fully saturated rings. The molecule has 0 radical (unpaired) electrons. The minimum absolute atomic E-state index is 0.0128. The second-order valence-electron chi connectivity index (χ2n) is 7.28. The molecule has 1 heterocycles. The maximum absolute atomic E-state index is 12.6. The van der Waals surface area contributed by atoms with Gasteiger partial charge >= 0.3 is 5.97 Å². The van der Waals surface area contributed by atoms with Crippen LogP contribution in [0.5, 0.6) is 0 Å². The van der Waals surface area contributed by atoms with Crippen LogP contribution in [0.15, 0.2) is 24.3 Å². The first-order valence-corrected chi connectivity index (χ1v) is 10.5. The van der Waals surface area contributed by atoms with Crippen molar-refractivity contribution in [2.75, 3.05) is 51.2 Å². The Bertz CT molecular complexity index is 695. The van der Waals surface area contributed by atoms with E-state index in [1.165, 1.54) is 0 Å². The summed E-state index contributed by atoms with van der Waals surface area (Å²) in [5.41, 5.74) is 1.15. The lowest BCUT2D eigenvalue weighted by atomic mass is 9.97. The van der Waals surface area contributed by atoms with Crippen LogP contribution < -0.4 is 5.32 Å². The predicted octanol–water partition coefficient (Wildman–Crippen LogP) is 2.75. The first-order valence-electron chi connectivity index (χ1n) is 10.5. The normalized spacial score (nSPS) is 17.0. The molecule has 1 aliphatic heterocycles. The molecule has 2 rings (SSSR count). The van der Waals surface area contributed by atoms with Crippen LogP contribution in [0.1, 0.15) is 43.5 Å². The van der Waals surface area contributed by atoms with E-state index in [4.69, 9.17) is 10.00 Å². The van der Waals surface area contributed by atoms with E-state index in [0.717, 1.165) is 39.0 Å². The molecule has 1 saturated heterocycles. The second kappa shape index (κ2) is 12.2. The first-order chi connectivity index (χ1) is 14.1. The number of nitrogens with zero attached hydrogens (tertiary/aromatic N) is 3. The number of hydrogen-bond acceptors (Lipinski definition) is 6. The van der Waals surface area contributed by atoms with E-state index in [0.29, 0.717) is 37.4 Å². The van der Waals surface area contributed by atoms with E-state index >= 15 is 0 Å². The number of likely N-dealkylation sites (N-methyl/N-ethyl adjacent to an activating group) is 1. The molecule has 1 unspecified atom stereocenters. The van der Waals surface area contributed by atoms with Crippen LogP contribution >= 0.6 is 0 Å². The largest absolute Gasteiger partial charge is 0.461 e. The number of amides is 1. The third kappa shape index (κ3) is 7.48. The lowest BCUT2D eigenvalue weighted by Gasteiger charge is -2.31. The number of likely N-dealkylation sites (tertiary alicyclic amines) is 1. The fourth-order valence-corrected chi connectivity index (χ4v) is 3.51. The Morgan fingerprint density at radius 3 is 2.66 bits per heavy atom. The van der Waals surface area contributed by atoms with Gasteiger partial charge in [-0.3, -0.25) is 4.79 Å². The molecule has 7 heteroatoms. The quantitative estimate of drug-likeness (QED) is 0.608.